The van der Waals surface area contributed by atoms with E-state index in [4.69, 9.17) is 5.11 Å². The summed E-state index contributed by atoms with van der Waals surface area (Å²) in [6.45, 7) is 1.79. The topological polar surface area (TPSA) is 53.4 Å². The summed E-state index contributed by atoms with van der Waals surface area (Å²) < 4.78 is 0. The number of rotatable bonds is 7. The van der Waals surface area contributed by atoms with E-state index in [9.17, 15) is 4.79 Å². The minimum Gasteiger partial charge on any atom is -0.478 e. The summed E-state index contributed by atoms with van der Waals surface area (Å²) in [4.78, 5) is 17.4. The first kappa shape index (κ1) is 15.2. The van der Waals surface area contributed by atoms with Gasteiger partial charge in [0, 0.05) is 25.5 Å². The van der Waals surface area contributed by atoms with E-state index in [-0.39, 0.29) is 0 Å². The van der Waals surface area contributed by atoms with Crippen LogP contribution in [0.25, 0.3) is 0 Å². The minimum atomic E-state index is -0.856. The summed E-state index contributed by atoms with van der Waals surface area (Å²) in [6, 6.07) is 11.2. The van der Waals surface area contributed by atoms with Crippen LogP contribution in [0.3, 0.4) is 0 Å². The van der Waals surface area contributed by atoms with Gasteiger partial charge in [-0.25, -0.2) is 4.79 Å². The van der Waals surface area contributed by atoms with E-state index >= 15 is 0 Å². The lowest BCUT2D eigenvalue weighted by Gasteiger charge is -2.17. The number of benzene rings is 1. The average molecular weight is 284 g/mol. The molecule has 2 aromatic rings. The zero-order chi connectivity index (χ0) is 15.1. The minimum absolute atomic E-state index is 0.403. The Morgan fingerprint density at radius 2 is 1.76 bits per heavy atom. The molecule has 0 aliphatic carbocycles. The maximum atomic E-state index is 11.2. The summed E-state index contributed by atoms with van der Waals surface area (Å²) >= 11 is 0. The molecular weight excluding hydrogens is 264 g/mol. The van der Waals surface area contributed by atoms with Gasteiger partial charge in [-0.1, -0.05) is 18.2 Å². The number of carboxylic acids is 1. The maximum absolute atomic E-state index is 11.2. The van der Waals surface area contributed by atoms with Crippen LogP contribution in [0.15, 0.2) is 48.8 Å². The Labute approximate surface area is 125 Å². The number of hydrogen-bond donors (Lipinski definition) is 1. The van der Waals surface area contributed by atoms with Crippen molar-refractivity contribution < 1.29 is 9.90 Å². The second kappa shape index (κ2) is 7.55. The standard InChI is InChI=1S/C17H20N2O2/c1-19(12-8-14-6-10-18-11-7-14)13-9-15-4-2-3-5-16(15)17(20)21/h2-7,10-11H,8-9,12-13H2,1H3,(H,20,21). The van der Waals surface area contributed by atoms with E-state index in [1.807, 2.05) is 24.3 Å². The van der Waals surface area contributed by atoms with E-state index in [0.29, 0.717) is 5.56 Å². The van der Waals surface area contributed by atoms with Crippen molar-refractivity contribution in [1.29, 1.82) is 0 Å². The van der Waals surface area contributed by atoms with Crippen LogP contribution in [-0.2, 0) is 12.8 Å². The predicted octanol–water partition coefficient (Wildman–Crippen LogP) is 2.50. The Kier molecular flexibility index (Phi) is 5.46. The maximum Gasteiger partial charge on any atom is 0.335 e. The van der Waals surface area contributed by atoms with Gasteiger partial charge in [-0.2, -0.15) is 0 Å². The van der Waals surface area contributed by atoms with Crippen molar-refractivity contribution in [2.45, 2.75) is 12.8 Å². The molecule has 1 aromatic carbocycles. The number of nitrogens with zero attached hydrogens (tertiary/aromatic N) is 2. The molecule has 0 radical (unpaired) electrons. The van der Waals surface area contributed by atoms with Crippen LogP contribution in [-0.4, -0.2) is 41.1 Å². The van der Waals surface area contributed by atoms with Crippen molar-refractivity contribution in [3.05, 3.63) is 65.5 Å². The molecule has 1 N–H and O–H groups in total. The molecule has 0 amide bonds. The molecule has 0 saturated carbocycles. The molecule has 2 rings (SSSR count). The largest absolute Gasteiger partial charge is 0.478 e. The Balaban J connectivity index is 1.84. The lowest BCUT2D eigenvalue weighted by Crippen LogP contribution is -2.24. The quantitative estimate of drug-likeness (QED) is 0.848. The number of aromatic carboxylic acids is 1. The van der Waals surface area contributed by atoms with E-state index in [1.165, 1.54) is 5.56 Å². The van der Waals surface area contributed by atoms with Crippen molar-refractivity contribution in [2.75, 3.05) is 20.1 Å². The number of pyridine rings is 1. The van der Waals surface area contributed by atoms with Crippen molar-refractivity contribution in [2.24, 2.45) is 0 Å². The highest BCUT2D eigenvalue weighted by Gasteiger charge is 2.09. The molecule has 4 nitrogen and oxygen atoms in total. The highest BCUT2D eigenvalue weighted by atomic mass is 16.4. The van der Waals surface area contributed by atoms with Gasteiger partial charge >= 0.3 is 5.97 Å². The lowest BCUT2D eigenvalue weighted by atomic mass is 10.0. The second-order valence-corrected chi connectivity index (χ2v) is 5.12. The fourth-order valence-corrected chi connectivity index (χ4v) is 2.24. The van der Waals surface area contributed by atoms with Gasteiger partial charge in [0.2, 0.25) is 0 Å². The van der Waals surface area contributed by atoms with Gasteiger partial charge < -0.3 is 10.0 Å². The van der Waals surface area contributed by atoms with Gasteiger partial charge in [0.05, 0.1) is 5.56 Å². The zero-order valence-electron chi connectivity index (χ0n) is 12.2. The van der Waals surface area contributed by atoms with Crippen molar-refractivity contribution in [1.82, 2.24) is 9.88 Å². The van der Waals surface area contributed by atoms with Crippen LogP contribution < -0.4 is 0 Å². The molecule has 110 valence electrons. The van der Waals surface area contributed by atoms with Crippen LogP contribution in [0, 0.1) is 0 Å². The van der Waals surface area contributed by atoms with Crippen molar-refractivity contribution in [3.63, 3.8) is 0 Å². The van der Waals surface area contributed by atoms with Crippen LogP contribution in [0.1, 0.15) is 21.5 Å². The zero-order valence-corrected chi connectivity index (χ0v) is 12.2. The van der Waals surface area contributed by atoms with E-state index in [2.05, 4.69) is 16.9 Å². The average Bonchev–Trinajstić information content (AvgIpc) is 2.52. The van der Waals surface area contributed by atoms with Gasteiger partial charge in [0.15, 0.2) is 0 Å². The molecule has 4 heteroatoms. The highest BCUT2D eigenvalue weighted by Crippen LogP contribution is 2.10. The molecule has 0 bridgehead atoms. The normalized spacial score (nSPS) is 10.8. The fourth-order valence-electron chi connectivity index (χ4n) is 2.24. The number of aromatic nitrogens is 1. The third-order valence-electron chi connectivity index (χ3n) is 3.54. The molecule has 0 spiro atoms. The molecule has 1 aromatic heterocycles. The Bertz CT molecular complexity index is 584. The van der Waals surface area contributed by atoms with Crippen LogP contribution >= 0.6 is 0 Å². The number of carbonyl (C=O) groups is 1. The van der Waals surface area contributed by atoms with E-state index < -0.39 is 5.97 Å². The van der Waals surface area contributed by atoms with Gasteiger partial charge in [-0.3, -0.25) is 4.98 Å². The van der Waals surface area contributed by atoms with Crippen LogP contribution in [0.4, 0.5) is 0 Å². The highest BCUT2D eigenvalue weighted by molar-refractivity contribution is 5.89. The molecule has 0 saturated heterocycles. The first-order chi connectivity index (χ1) is 10.2. The lowest BCUT2D eigenvalue weighted by molar-refractivity contribution is 0.0695. The predicted molar refractivity (Wildman–Crippen MR) is 82.5 cm³/mol. The van der Waals surface area contributed by atoms with Crippen LogP contribution in [0.5, 0.6) is 0 Å². The van der Waals surface area contributed by atoms with E-state index in [0.717, 1.165) is 31.5 Å². The Morgan fingerprint density at radius 3 is 2.48 bits per heavy atom. The molecule has 1 heterocycles. The third-order valence-corrected chi connectivity index (χ3v) is 3.54. The summed E-state index contributed by atoms with van der Waals surface area (Å²) in [5.41, 5.74) is 2.56. The molecule has 0 aliphatic rings. The Hall–Kier alpha value is -2.20. The molecule has 0 fully saturated rings. The second-order valence-electron chi connectivity index (χ2n) is 5.12. The fraction of sp³-hybridized carbons (Fsp3) is 0.294. The van der Waals surface area contributed by atoms with Gasteiger partial charge in [0.25, 0.3) is 0 Å². The number of hydrogen-bond acceptors (Lipinski definition) is 3. The SMILES string of the molecule is CN(CCc1ccncc1)CCc1ccccc1C(=O)O. The molecule has 0 aliphatic heterocycles. The van der Waals surface area contributed by atoms with Crippen molar-refractivity contribution >= 4 is 5.97 Å². The van der Waals surface area contributed by atoms with Gasteiger partial charge in [-0.15, -0.1) is 0 Å². The summed E-state index contributed by atoms with van der Waals surface area (Å²) in [6.07, 6.45) is 5.33. The summed E-state index contributed by atoms with van der Waals surface area (Å²) in [7, 11) is 2.06. The molecule has 0 atom stereocenters. The van der Waals surface area contributed by atoms with E-state index in [1.54, 1.807) is 24.5 Å². The van der Waals surface area contributed by atoms with Crippen molar-refractivity contribution in [3.8, 4) is 0 Å². The monoisotopic (exact) mass is 284 g/mol. The molecule has 21 heavy (non-hydrogen) atoms. The summed E-state index contributed by atoms with van der Waals surface area (Å²) in [5.74, 6) is -0.856. The number of carboxylic acid groups (broad SMARTS) is 1. The van der Waals surface area contributed by atoms with Gasteiger partial charge in [-0.05, 0) is 49.2 Å². The van der Waals surface area contributed by atoms with Gasteiger partial charge in [0.1, 0.15) is 0 Å². The number of likely N-dealkylation sites (N-methyl/N-ethyl adjacent to an activating group) is 1. The third kappa shape index (κ3) is 4.68. The Morgan fingerprint density at radius 1 is 1.10 bits per heavy atom. The summed E-state index contributed by atoms with van der Waals surface area (Å²) in [5, 5.41) is 9.16. The smallest absolute Gasteiger partial charge is 0.335 e. The molecular formula is C17H20N2O2. The first-order valence-electron chi connectivity index (χ1n) is 7.05. The van der Waals surface area contributed by atoms with Crippen LogP contribution in [0.2, 0.25) is 0 Å². The molecule has 0 unspecified atom stereocenters. The first-order valence-corrected chi connectivity index (χ1v) is 7.05.